The van der Waals surface area contributed by atoms with E-state index in [1.54, 1.807) is 14.2 Å². The smallest absolute Gasteiger partial charge is 0.166 e. The van der Waals surface area contributed by atoms with Crippen molar-refractivity contribution in [2.24, 2.45) is 0 Å². The first-order valence-corrected chi connectivity index (χ1v) is 8.70. The molecule has 4 nitrogen and oxygen atoms in total. The number of nitrogens with one attached hydrogen (secondary N) is 1. The second kappa shape index (κ2) is 7.42. The van der Waals surface area contributed by atoms with Gasteiger partial charge in [0.05, 0.1) is 20.8 Å². The van der Waals surface area contributed by atoms with E-state index in [1.807, 2.05) is 12.1 Å². The van der Waals surface area contributed by atoms with Gasteiger partial charge in [0.25, 0.3) is 0 Å². The van der Waals surface area contributed by atoms with Crippen molar-refractivity contribution >= 4 is 0 Å². The number of rotatable bonds is 5. The third-order valence-electron chi connectivity index (χ3n) is 5.05. The van der Waals surface area contributed by atoms with Crippen LogP contribution >= 0.6 is 0 Å². The number of methoxy groups -OCH3 is 2. The van der Waals surface area contributed by atoms with Gasteiger partial charge in [-0.15, -0.1) is 0 Å². The molecule has 0 aromatic heterocycles. The maximum atomic E-state index is 13.2. The van der Waals surface area contributed by atoms with Gasteiger partial charge >= 0.3 is 0 Å². The van der Waals surface area contributed by atoms with Gasteiger partial charge < -0.3 is 20.1 Å². The fourth-order valence-corrected chi connectivity index (χ4v) is 3.89. The molecule has 1 aliphatic heterocycles. The molecule has 1 heterocycles. The maximum absolute atomic E-state index is 13.2. The molecule has 0 aliphatic carbocycles. The lowest BCUT2D eigenvalue weighted by Crippen LogP contribution is -3.14. The summed E-state index contributed by atoms with van der Waals surface area (Å²) in [5, 5.41) is 0. The maximum Gasteiger partial charge on any atom is 0.166 e. The highest BCUT2D eigenvalue weighted by Gasteiger charge is 2.36. The van der Waals surface area contributed by atoms with Gasteiger partial charge in [0, 0.05) is 17.5 Å². The van der Waals surface area contributed by atoms with Crippen LogP contribution in [0, 0.1) is 5.82 Å². The van der Waals surface area contributed by atoms with Gasteiger partial charge in [-0.05, 0) is 36.8 Å². The second-order valence-corrected chi connectivity index (χ2v) is 6.82. The number of hydrogen-bond acceptors (Lipinski definition) is 2. The molecule has 0 spiro atoms. The third-order valence-corrected chi connectivity index (χ3v) is 5.05. The molecule has 1 unspecified atom stereocenters. The molecule has 134 valence electrons. The summed E-state index contributed by atoms with van der Waals surface area (Å²) in [4.78, 5) is 1.45. The predicted molar refractivity (Wildman–Crippen MR) is 94.3 cm³/mol. The van der Waals surface area contributed by atoms with Crippen LogP contribution in [-0.2, 0) is 13.0 Å². The van der Waals surface area contributed by atoms with Crippen LogP contribution in [0.5, 0.6) is 11.5 Å². The van der Waals surface area contributed by atoms with E-state index < -0.39 is 0 Å². The zero-order valence-electron chi connectivity index (χ0n) is 15.1. The summed E-state index contributed by atoms with van der Waals surface area (Å²) in [7, 11) is 3.33. The normalized spacial score (nSPS) is 20.7. The average molecular weight is 346 g/mol. The zero-order chi connectivity index (χ0) is 18.0. The van der Waals surface area contributed by atoms with Gasteiger partial charge in [0.1, 0.15) is 18.4 Å². The summed E-state index contributed by atoms with van der Waals surface area (Å²) in [6.07, 6.45) is 0.982. The summed E-state index contributed by atoms with van der Waals surface area (Å²) in [5.74, 6) is 1.34. The van der Waals surface area contributed by atoms with E-state index in [4.69, 9.17) is 9.47 Å². The quantitative estimate of drug-likeness (QED) is 0.854. The minimum atomic E-state index is -0.193. The molecule has 0 fully saturated rings. The Kier molecular flexibility index (Phi) is 5.25. The standard InChI is InChI=1S/C20H25FN2O2/c1-13(22)20-17-11-19(25-3)18(24-2)10-15(17)8-9-23(20)12-14-4-6-16(21)7-5-14/h4-7,10-11,13,20H,8-9,12,22H2,1-3H3/p+2/t13-,20-/m1/s1. The van der Waals surface area contributed by atoms with Crippen molar-refractivity contribution in [3.05, 3.63) is 58.9 Å². The SMILES string of the molecule is COc1cc2c(cc1OC)[C@@H]([C@@H](C)[NH3+])[NH+](Cc1ccc(F)cc1)CC2. The number of quaternary nitrogens is 2. The Labute approximate surface area is 148 Å². The van der Waals surface area contributed by atoms with Crippen molar-refractivity contribution in [3.8, 4) is 11.5 Å². The Hall–Kier alpha value is -2.11. The first-order valence-electron chi connectivity index (χ1n) is 8.70. The Bertz CT molecular complexity index is 731. The second-order valence-electron chi connectivity index (χ2n) is 6.82. The van der Waals surface area contributed by atoms with Crippen molar-refractivity contribution in [1.82, 2.24) is 0 Å². The Morgan fingerprint density at radius 3 is 2.40 bits per heavy atom. The fourth-order valence-electron chi connectivity index (χ4n) is 3.89. The highest BCUT2D eigenvalue weighted by molar-refractivity contribution is 5.49. The molecule has 3 atom stereocenters. The summed E-state index contributed by atoms with van der Waals surface area (Å²) >= 11 is 0. The summed E-state index contributed by atoms with van der Waals surface area (Å²) in [6, 6.07) is 11.5. The van der Waals surface area contributed by atoms with Gasteiger partial charge in [-0.3, -0.25) is 0 Å². The molecule has 0 saturated heterocycles. The summed E-state index contributed by atoms with van der Waals surface area (Å²) < 4.78 is 24.1. The molecule has 4 N–H and O–H groups in total. The number of benzene rings is 2. The number of ether oxygens (including phenoxy) is 2. The summed E-state index contributed by atoms with van der Waals surface area (Å²) in [5.41, 5.74) is 8.04. The Balaban J connectivity index is 1.94. The van der Waals surface area contributed by atoms with E-state index in [1.165, 1.54) is 28.2 Å². The number of hydrogen-bond donors (Lipinski definition) is 2. The van der Waals surface area contributed by atoms with E-state index in [9.17, 15) is 4.39 Å². The third kappa shape index (κ3) is 3.62. The highest BCUT2D eigenvalue weighted by Crippen LogP contribution is 2.34. The molecular weight excluding hydrogens is 319 g/mol. The van der Waals surface area contributed by atoms with E-state index in [0.717, 1.165) is 36.6 Å². The van der Waals surface area contributed by atoms with Crippen LogP contribution in [0.1, 0.15) is 29.7 Å². The predicted octanol–water partition coefficient (Wildman–Crippen LogP) is 1.16. The van der Waals surface area contributed by atoms with Crippen LogP contribution in [0.15, 0.2) is 36.4 Å². The minimum absolute atomic E-state index is 0.193. The zero-order valence-corrected chi connectivity index (χ0v) is 15.1. The molecule has 1 aliphatic rings. The Morgan fingerprint density at radius 2 is 1.80 bits per heavy atom. The molecule has 0 amide bonds. The van der Waals surface area contributed by atoms with Gasteiger partial charge in [-0.25, -0.2) is 4.39 Å². The van der Waals surface area contributed by atoms with Gasteiger partial charge in [0.15, 0.2) is 17.5 Å². The fraction of sp³-hybridized carbons (Fsp3) is 0.400. The molecule has 2 aromatic carbocycles. The van der Waals surface area contributed by atoms with Crippen LogP contribution < -0.4 is 20.1 Å². The van der Waals surface area contributed by atoms with Crippen LogP contribution in [0.2, 0.25) is 0 Å². The van der Waals surface area contributed by atoms with Gasteiger partial charge in [-0.1, -0.05) is 12.1 Å². The van der Waals surface area contributed by atoms with Gasteiger partial charge in [0.2, 0.25) is 0 Å². The lowest BCUT2D eigenvalue weighted by molar-refractivity contribution is -0.957. The van der Waals surface area contributed by atoms with Crippen molar-refractivity contribution in [2.75, 3.05) is 20.8 Å². The molecule has 5 heteroatoms. The molecule has 0 bridgehead atoms. The molecule has 2 aromatic rings. The van der Waals surface area contributed by atoms with Crippen molar-refractivity contribution in [2.45, 2.75) is 32.0 Å². The van der Waals surface area contributed by atoms with E-state index >= 15 is 0 Å². The van der Waals surface area contributed by atoms with Crippen LogP contribution in [0.25, 0.3) is 0 Å². The molecular formula is C20H27FN2O2+2. The first kappa shape index (κ1) is 17.7. The Morgan fingerprint density at radius 1 is 1.16 bits per heavy atom. The van der Waals surface area contributed by atoms with Crippen LogP contribution in [-0.4, -0.2) is 26.8 Å². The lowest BCUT2D eigenvalue weighted by atomic mass is 9.88. The molecule has 0 radical (unpaired) electrons. The van der Waals surface area contributed by atoms with Crippen molar-refractivity contribution in [3.63, 3.8) is 0 Å². The van der Waals surface area contributed by atoms with E-state index in [-0.39, 0.29) is 17.9 Å². The van der Waals surface area contributed by atoms with E-state index in [2.05, 4.69) is 24.8 Å². The largest absolute Gasteiger partial charge is 0.493 e. The lowest BCUT2D eigenvalue weighted by Gasteiger charge is -2.35. The summed E-state index contributed by atoms with van der Waals surface area (Å²) in [6.45, 7) is 4.03. The molecule has 3 rings (SSSR count). The highest BCUT2D eigenvalue weighted by atomic mass is 19.1. The van der Waals surface area contributed by atoms with Crippen LogP contribution in [0.4, 0.5) is 4.39 Å². The average Bonchev–Trinajstić information content (AvgIpc) is 2.61. The first-order chi connectivity index (χ1) is 12.0. The molecule has 25 heavy (non-hydrogen) atoms. The molecule has 0 saturated carbocycles. The monoisotopic (exact) mass is 346 g/mol. The van der Waals surface area contributed by atoms with Gasteiger partial charge in [-0.2, -0.15) is 0 Å². The van der Waals surface area contributed by atoms with E-state index in [0.29, 0.717) is 0 Å². The van der Waals surface area contributed by atoms with Crippen LogP contribution in [0.3, 0.4) is 0 Å². The minimum Gasteiger partial charge on any atom is -0.493 e. The van der Waals surface area contributed by atoms with Crippen molar-refractivity contribution < 1.29 is 24.5 Å². The number of halogens is 1. The topological polar surface area (TPSA) is 50.5 Å². The number of fused-ring (bicyclic) bond motifs is 1. The van der Waals surface area contributed by atoms with Crippen molar-refractivity contribution in [1.29, 1.82) is 0 Å².